The van der Waals surface area contributed by atoms with E-state index in [0.717, 1.165) is 11.3 Å². The van der Waals surface area contributed by atoms with E-state index in [1.54, 1.807) is 32.0 Å². The monoisotopic (exact) mass is 233 g/mol. The second kappa shape index (κ2) is 4.18. The molecule has 0 spiro atoms. The fourth-order valence-electron chi connectivity index (χ4n) is 1.79. The summed E-state index contributed by atoms with van der Waals surface area (Å²) in [5.74, 6) is 0.757. The van der Waals surface area contributed by atoms with E-state index in [-0.39, 0.29) is 0 Å². The molecule has 0 aliphatic rings. The maximum Gasteiger partial charge on any atom is 0.130 e. The summed E-state index contributed by atoms with van der Waals surface area (Å²) in [5, 5.41) is 18.1. The number of aryl methyl sites for hydroxylation is 1. The van der Waals surface area contributed by atoms with Crippen molar-refractivity contribution in [3.63, 3.8) is 0 Å². The molecule has 0 aliphatic carbocycles. The molecule has 0 saturated carbocycles. The summed E-state index contributed by atoms with van der Waals surface area (Å²) in [4.78, 5) is 0. The van der Waals surface area contributed by atoms with Gasteiger partial charge in [-0.3, -0.25) is 0 Å². The van der Waals surface area contributed by atoms with Gasteiger partial charge in [0.1, 0.15) is 11.4 Å². The van der Waals surface area contributed by atoms with Gasteiger partial charge in [-0.25, -0.2) is 4.68 Å². The van der Waals surface area contributed by atoms with Crippen molar-refractivity contribution in [2.45, 2.75) is 12.5 Å². The van der Waals surface area contributed by atoms with Crippen LogP contribution in [0.2, 0.25) is 0 Å². The number of benzene rings is 1. The Balaban J connectivity index is 2.40. The van der Waals surface area contributed by atoms with Crippen molar-refractivity contribution in [3.05, 3.63) is 41.7 Å². The van der Waals surface area contributed by atoms with Gasteiger partial charge in [-0.2, -0.15) is 0 Å². The minimum Gasteiger partial charge on any atom is -0.497 e. The van der Waals surface area contributed by atoms with Crippen LogP contribution < -0.4 is 4.74 Å². The number of rotatable bonds is 3. The molecule has 2 aromatic rings. The molecule has 1 heterocycles. The number of aromatic nitrogens is 3. The number of ether oxygens (including phenoxy) is 1. The van der Waals surface area contributed by atoms with Gasteiger partial charge in [0, 0.05) is 7.05 Å². The van der Waals surface area contributed by atoms with E-state index in [4.69, 9.17) is 4.74 Å². The lowest BCUT2D eigenvalue weighted by atomic mass is 9.93. The number of hydrogen-bond acceptors (Lipinski definition) is 4. The molecule has 1 atom stereocenters. The first kappa shape index (κ1) is 11.6. The number of nitrogens with zero attached hydrogens (tertiary/aromatic N) is 3. The number of hydrogen-bond donors (Lipinski definition) is 1. The third-order valence-electron chi connectivity index (χ3n) is 2.87. The van der Waals surface area contributed by atoms with Gasteiger partial charge in [0.15, 0.2) is 0 Å². The van der Waals surface area contributed by atoms with E-state index in [1.165, 1.54) is 0 Å². The maximum atomic E-state index is 10.5. The summed E-state index contributed by atoms with van der Waals surface area (Å²) in [5.41, 5.74) is 0.288. The fraction of sp³-hybridized carbons (Fsp3) is 0.333. The minimum atomic E-state index is -1.12. The van der Waals surface area contributed by atoms with Crippen LogP contribution in [0.25, 0.3) is 0 Å². The molecule has 2 rings (SSSR count). The van der Waals surface area contributed by atoms with Crippen LogP contribution in [0.4, 0.5) is 0 Å². The molecular formula is C12H15N3O2. The van der Waals surface area contributed by atoms with Gasteiger partial charge in [0.25, 0.3) is 0 Å². The zero-order valence-corrected chi connectivity index (χ0v) is 10.1. The smallest absolute Gasteiger partial charge is 0.130 e. The lowest BCUT2D eigenvalue weighted by Crippen LogP contribution is -2.25. The lowest BCUT2D eigenvalue weighted by molar-refractivity contribution is 0.0928. The first-order chi connectivity index (χ1) is 8.05. The zero-order chi connectivity index (χ0) is 12.5. The molecule has 0 fully saturated rings. The Kier molecular flexibility index (Phi) is 2.85. The summed E-state index contributed by atoms with van der Waals surface area (Å²) in [6.45, 7) is 1.72. The van der Waals surface area contributed by atoms with Gasteiger partial charge >= 0.3 is 0 Å². The van der Waals surface area contributed by atoms with E-state index < -0.39 is 5.60 Å². The zero-order valence-electron chi connectivity index (χ0n) is 10.1. The van der Waals surface area contributed by atoms with Crippen molar-refractivity contribution in [1.82, 2.24) is 15.0 Å². The van der Waals surface area contributed by atoms with Crippen LogP contribution in [0.3, 0.4) is 0 Å². The number of methoxy groups -OCH3 is 1. The van der Waals surface area contributed by atoms with Crippen molar-refractivity contribution < 1.29 is 9.84 Å². The van der Waals surface area contributed by atoms with Crippen molar-refractivity contribution in [2.75, 3.05) is 7.11 Å². The highest BCUT2D eigenvalue weighted by Gasteiger charge is 2.29. The predicted molar refractivity (Wildman–Crippen MR) is 62.7 cm³/mol. The second-order valence-electron chi connectivity index (χ2n) is 4.04. The largest absolute Gasteiger partial charge is 0.497 e. The highest BCUT2D eigenvalue weighted by Crippen LogP contribution is 2.29. The molecule has 1 aromatic carbocycles. The SMILES string of the molecule is COc1ccc(C(C)(O)c2cnnn2C)cc1. The first-order valence-corrected chi connectivity index (χ1v) is 5.28. The van der Waals surface area contributed by atoms with Gasteiger partial charge in [-0.05, 0) is 24.6 Å². The summed E-state index contributed by atoms with van der Waals surface area (Å²) in [6.07, 6.45) is 1.56. The maximum absolute atomic E-state index is 10.5. The second-order valence-corrected chi connectivity index (χ2v) is 4.04. The summed E-state index contributed by atoms with van der Waals surface area (Å²) in [6, 6.07) is 7.28. The van der Waals surface area contributed by atoms with Gasteiger partial charge in [0.2, 0.25) is 0 Å². The third kappa shape index (κ3) is 2.01. The number of aliphatic hydroxyl groups is 1. The molecule has 0 saturated heterocycles. The molecule has 17 heavy (non-hydrogen) atoms. The molecule has 0 amide bonds. The van der Waals surface area contributed by atoms with Crippen LogP contribution >= 0.6 is 0 Å². The lowest BCUT2D eigenvalue weighted by Gasteiger charge is -2.23. The Bertz CT molecular complexity index is 503. The Morgan fingerprint density at radius 2 is 1.94 bits per heavy atom. The van der Waals surface area contributed by atoms with Crippen LogP contribution in [-0.2, 0) is 12.6 Å². The minimum absolute atomic E-state index is 0.641. The molecule has 0 radical (unpaired) electrons. The molecule has 0 bridgehead atoms. The summed E-state index contributed by atoms with van der Waals surface area (Å²) in [7, 11) is 3.36. The van der Waals surface area contributed by atoms with Crippen LogP contribution in [0.15, 0.2) is 30.5 Å². The van der Waals surface area contributed by atoms with Crippen molar-refractivity contribution in [1.29, 1.82) is 0 Å². The standard InChI is InChI=1S/C12H15N3O2/c1-12(16,11-8-13-14-15(11)2)9-4-6-10(17-3)7-5-9/h4-8,16H,1-3H3. The highest BCUT2D eigenvalue weighted by atomic mass is 16.5. The van der Waals surface area contributed by atoms with E-state index >= 15 is 0 Å². The molecule has 1 aromatic heterocycles. The molecule has 0 aliphatic heterocycles. The molecule has 1 unspecified atom stereocenters. The van der Waals surface area contributed by atoms with E-state index in [1.807, 2.05) is 24.3 Å². The van der Waals surface area contributed by atoms with Gasteiger partial charge in [-0.15, -0.1) is 5.10 Å². The van der Waals surface area contributed by atoms with E-state index in [9.17, 15) is 5.11 Å². The Morgan fingerprint density at radius 1 is 1.29 bits per heavy atom. The molecule has 90 valence electrons. The van der Waals surface area contributed by atoms with E-state index in [0.29, 0.717) is 5.69 Å². The fourth-order valence-corrected chi connectivity index (χ4v) is 1.79. The molecule has 5 heteroatoms. The topological polar surface area (TPSA) is 60.2 Å². The van der Waals surface area contributed by atoms with Crippen molar-refractivity contribution in [3.8, 4) is 5.75 Å². The normalized spacial score (nSPS) is 14.4. The summed E-state index contributed by atoms with van der Waals surface area (Å²) >= 11 is 0. The third-order valence-corrected chi connectivity index (χ3v) is 2.87. The van der Waals surface area contributed by atoms with Crippen LogP contribution in [-0.4, -0.2) is 27.2 Å². The van der Waals surface area contributed by atoms with Crippen molar-refractivity contribution in [2.24, 2.45) is 7.05 Å². The predicted octanol–water partition coefficient (Wildman–Crippen LogP) is 1.08. The highest BCUT2D eigenvalue weighted by molar-refractivity contribution is 5.34. The van der Waals surface area contributed by atoms with Crippen molar-refractivity contribution >= 4 is 0 Å². The molecule has 1 N–H and O–H groups in total. The van der Waals surface area contributed by atoms with Gasteiger partial charge < -0.3 is 9.84 Å². The van der Waals surface area contributed by atoms with Crippen LogP contribution in [0, 0.1) is 0 Å². The first-order valence-electron chi connectivity index (χ1n) is 5.28. The van der Waals surface area contributed by atoms with Crippen LogP contribution in [0.1, 0.15) is 18.2 Å². The van der Waals surface area contributed by atoms with E-state index in [2.05, 4.69) is 10.3 Å². The van der Waals surface area contributed by atoms with Gasteiger partial charge in [-0.1, -0.05) is 17.3 Å². The van der Waals surface area contributed by atoms with Gasteiger partial charge in [0.05, 0.1) is 19.0 Å². The summed E-state index contributed by atoms with van der Waals surface area (Å²) < 4.78 is 6.64. The quantitative estimate of drug-likeness (QED) is 0.861. The average Bonchev–Trinajstić information content (AvgIpc) is 2.76. The Hall–Kier alpha value is -1.88. The Morgan fingerprint density at radius 3 is 2.41 bits per heavy atom. The molecular weight excluding hydrogens is 218 g/mol. The molecule has 5 nitrogen and oxygen atoms in total. The Labute approximate surface area is 99.7 Å². The van der Waals surface area contributed by atoms with Crippen LogP contribution in [0.5, 0.6) is 5.75 Å². The average molecular weight is 233 g/mol.